The normalized spacial score (nSPS) is 10.6. The predicted molar refractivity (Wildman–Crippen MR) is 89.6 cm³/mol. The lowest BCUT2D eigenvalue weighted by Gasteiger charge is -2.22. The number of nitrogens with one attached hydrogen (secondary N) is 2. The van der Waals surface area contributed by atoms with Crippen molar-refractivity contribution in [2.75, 3.05) is 12.0 Å². The second-order valence-electron chi connectivity index (χ2n) is 5.08. The number of hydrazine groups is 1. The molecular formula is C14H16Cl2N2OS. The van der Waals surface area contributed by atoms with E-state index in [4.69, 9.17) is 46.6 Å². The smallest absolute Gasteiger partial charge is 0.148 e. The van der Waals surface area contributed by atoms with Crippen LogP contribution in [0.1, 0.15) is 20.8 Å². The highest BCUT2D eigenvalue weighted by Crippen LogP contribution is 2.34. The summed E-state index contributed by atoms with van der Waals surface area (Å²) in [5, 5.41) is 0.849. The van der Waals surface area contributed by atoms with E-state index in [-0.39, 0.29) is 12.0 Å². The van der Waals surface area contributed by atoms with Crippen molar-refractivity contribution >= 4 is 46.1 Å². The fourth-order valence-electron chi connectivity index (χ4n) is 1.17. The van der Waals surface area contributed by atoms with Gasteiger partial charge in [0.05, 0.1) is 20.7 Å². The number of anilines is 1. The van der Waals surface area contributed by atoms with Crippen LogP contribution >= 0.6 is 35.4 Å². The molecule has 0 atom stereocenters. The van der Waals surface area contributed by atoms with Crippen LogP contribution in [0.4, 0.5) is 5.69 Å². The monoisotopic (exact) mass is 330 g/mol. The summed E-state index contributed by atoms with van der Waals surface area (Å²) in [6.07, 6.45) is 5.15. The van der Waals surface area contributed by atoms with Gasteiger partial charge in [-0.1, -0.05) is 62.1 Å². The van der Waals surface area contributed by atoms with Crippen molar-refractivity contribution < 1.29 is 4.74 Å². The molecule has 0 unspecified atom stereocenters. The maximum Gasteiger partial charge on any atom is 0.148 e. The maximum absolute atomic E-state index is 6.11. The molecule has 108 valence electrons. The average Bonchev–Trinajstić information content (AvgIpc) is 2.35. The SMILES string of the molecule is C#CCOc1cc(NNC(=S)C(C)(C)C)c(Cl)cc1Cl. The van der Waals surface area contributed by atoms with Crippen molar-refractivity contribution in [1.82, 2.24) is 5.43 Å². The van der Waals surface area contributed by atoms with E-state index in [1.54, 1.807) is 12.1 Å². The van der Waals surface area contributed by atoms with Crippen LogP contribution in [0.3, 0.4) is 0 Å². The van der Waals surface area contributed by atoms with Crippen molar-refractivity contribution in [3.8, 4) is 18.1 Å². The van der Waals surface area contributed by atoms with E-state index in [1.165, 1.54) is 0 Å². The predicted octanol–water partition coefficient (Wildman–Crippen LogP) is 4.30. The van der Waals surface area contributed by atoms with Crippen LogP contribution in [-0.4, -0.2) is 11.6 Å². The van der Waals surface area contributed by atoms with Gasteiger partial charge in [0.25, 0.3) is 0 Å². The Labute approximate surface area is 134 Å². The van der Waals surface area contributed by atoms with Gasteiger partial charge in [-0.05, 0) is 6.07 Å². The molecule has 2 N–H and O–H groups in total. The third-order valence-corrected chi connectivity index (χ3v) is 3.65. The number of terminal acetylenes is 1. The molecule has 0 saturated carbocycles. The first kappa shape index (κ1) is 16.9. The second-order valence-corrected chi connectivity index (χ2v) is 6.31. The molecule has 1 aromatic carbocycles. The summed E-state index contributed by atoms with van der Waals surface area (Å²) in [5.41, 5.74) is 6.35. The first-order valence-corrected chi connectivity index (χ1v) is 7.04. The zero-order valence-electron chi connectivity index (χ0n) is 11.5. The first-order chi connectivity index (χ1) is 9.25. The third-order valence-electron chi connectivity index (χ3n) is 2.32. The van der Waals surface area contributed by atoms with E-state index in [2.05, 4.69) is 16.8 Å². The Hall–Kier alpha value is -1.15. The molecule has 0 spiro atoms. The molecule has 20 heavy (non-hydrogen) atoms. The standard InChI is InChI=1S/C14H16Cl2N2OS/c1-5-6-19-12-8-11(9(15)7-10(12)16)17-18-13(20)14(2,3)4/h1,7-8,17H,6H2,2-4H3,(H,18,20). The summed E-state index contributed by atoms with van der Waals surface area (Å²) in [6, 6.07) is 3.25. The lowest BCUT2D eigenvalue weighted by molar-refractivity contribution is 0.371. The Kier molecular flexibility index (Phi) is 5.94. The number of rotatable bonds is 4. The number of hydrogen-bond donors (Lipinski definition) is 2. The highest BCUT2D eigenvalue weighted by molar-refractivity contribution is 7.80. The van der Waals surface area contributed by atoms with Crippen LogP contribution in [0, 0.1) is 17.8 Å². The molecule has 0 fully saturated rings. The van der Waals surface area contributed by atoms with Gasteiger partial charge in [-0.15, -0.1) is 6.42 Å². The summed E-state index contributed by atoms with van der Waals surface area (Å²) in [6.45, 7) is 6.16. The van der Waals surface area contributed by atoms with Gasteiger partial charge in [-0.25, -0.2) is 0 Å². The quantitative estimate of drug-likeness (QED) is 0.490. The molecular weight excluding hydrogens is 315 g/mol. The Morgan fingerprint density at radius 1 is 1.35 bits per heavy atom. The van der Waals surface area contributed by atoms with E-state index < -0.39 is 0 Å². The van der Waals surface area contributed by atoms with Gasteiger partial charge >= 0.3 is 0 Å². The molecule has 0 aliphatic rings. The van der Waals surface area contributed by atoms with Crippen molar-refractivity contribution in [2.45, 2.75) is 20.8 Å². The van der Waals surface area contributed by atoms with E-state index in [0.29, 0.717) is 26.5 Å². The summed E-state index contributed by atoms with van der Waals surface area (Å²) >= 11 is 17.4. The minimum atomic E-state index is -0.149. The Balaban J connectivity index is 2.85. The fraction of sp³-hybridized carbons (Fsp3) is 0.357. The van der Waals surface area contributed by atoms with Crippen molar-refractivity contribution in [1.29, 1.82) is 0 Å². The van der Waals surface area contributed by atoms with Crippen LogP contribution in [0.25, 0.3) is 0 Å². The Morgan fingerprint density at radius 2 is 2.00 bits per heavy atom. The van der Waals surface area contributed by atoms with Gasteiger partial charge in [0.2, 0.25) is 0 Å². The largest absolute Gasteiger partial charge is 0.479 e. The lowest BCUT2D eigenvalue weighted by atomic mass is 9.97. The zero-order chi connectivity index (χ0) is 15.3. The van der Waals surface area contributed by atoms with Gasteiger partial charge in [0, 0.05) is 11.5 Å². The van der Waals surface area contributed by atoms with Gasteiger partial charge in [-0.2, -0.15) is 0 Å². The van der Waals surface area contributed by atoms with Gasteiger partial charge in [-0.3, -0.25) is 10.9 Å². The number of hydrogen-bond acceptors (Lipinski definition) is 3. The highest BCUT2D eigenvalue weighted by atomic mass is 35.5. The van der Waals surface area contributed by atoms with Crippen molar-refractivity contribution in [2.24, 2.45) is 5.41 Å². The molecule has 0 heterocycles. The summed E-state index contributed by atoms with van der Waals surface area (Å²) in [7, 11) is 0. The van der Waals surface area contributed by atoms with Crippen LogP contribution in [0.2, 0.25) is 10.0 Å². The third kappa shape index (κ3) is 4.75. The molecule has 0 aliphatic carbocycles. The van der Waals surface area contributed by atoms with Crippen molar-refractivity contribution in [3.05, 3.63) is 22.2 Å². The maximum atomic E-state index is 6.11. The summed E-state index contributed by atoms with van der Waals surface area (Å²) < 4.78 is 5.33. The Bertz CT molecular complexity index is 547. The molecule has 1 aromatic rings. The molecule has 0 bridgehead atoms. The van der Waals surface area contributed by atoms with Gasteiger partial charge in [0.1, 0.15) is 12.4 Å². The molecule has 6 heteroatoms. The topological polar surface area (TPSA) is 33.3 Å². The lowest BCUT2D eigenvalue weighted by Crippen LogP contribution is -2.37. The zero-order valence-corrected chi connectivity index (χ0v) is 13.8. The van der Waals surface area contributed by atoms with Crippen LogP contribution in [0.5, 0.6) is 5.75 Å². The average molecular weight is 331 g/mol. The number of thiocarbonyl (C=S) groups is 1. The second kappa shape index (κ2) is 7.03. The Morgan fingerprint density at radius 3 is 2.55 bits per heavy atom. The van der Waals surface area contributed by atoms with Gasteiger partial charge in [0.15, 0.2) is 0 Å². The van der Waals surface area contributed by atoms with Crippen LogP contribution in [-0.2, 0) is 0 Å². The number of halogens is 2. The first-order valence-electron chi connectivity index (χ1n) is 5.87. The molecule has 3 nitrogen and oxygen atoms in total. The van der Waals surface area contributed by atoms with Crippen LogP contribution in [0.15, 0.2) is 12.1 Å². The number of ether oxygens (including phenoxy) is 1. The summed E-state index contributed by atoms with van der Waals surface area (Å²) in [4.78, 5) is 0.662. The molecule has 0 radical (unpaired) electrons. The van der Waals surface area contributed by atoms with E-state index in [0.717, 1.165) is 0 Å². The van der Waals surface area contributed by atoms with E-state index in [1.807, 2.05) is 20.8 Å². The molecule has 0 amide bonds. The van der Waals surface area contributed by atoms with Crippen LogP contribution < -0.4 is 15.6 Å². The molecule has 0 aliphatic heterocycles. The van der Waals surface area contributed by atoms with Gasteiger partial charge < -0.3 is 4.74 Å². The summed E-state index contributed by atoms with van der Waals surface area (Å²) in [5.74, 6) is 2.84. The molecule has 1 rings (SSSR count). The number of benzene rings is 1. The van der Waals surface area contributed by atoms with E-state index in [9.17, 15) is 0 Å². The molecule has 0 saturated heterocycles. The highest BCUT2D eigenvalue weighted by Gasteiger charge is 2.17. The van der Waals surface area contributed by atoms with E-state index >= 15 is 0 Å². The molecule has 0 aromatic heterocycles. The van der Waals surface area contributed by atoms with Crippen molar-refractivity contribution in [3.63, 3.8) is 0 Å². The fourth-order valence-corrected chi connectivity index (χ4v) is 1.70. The minimum absolute atomic E-state index is 0.134. The minimum Gasteiger partial charge on any atom is -0.479 e.